The summed E-state index contributed by atoms with van der Waals surface area (Å²) < 4.78 is 1.73. The van der Waals surface area contributed by atoms with E-state index in [1.807, 2.05) is 61.5 Å². The number of aliphatic hydroxyl groups excluding tert-OH is 1. The molecule has 3 aromatic rings. The van der Waals surface area contributed by atoms with Gasteiger partial charge in [0.25, 0.3) is 5.56 Å². The van der Waals surface area contributed by atoms with Crippen molar-refractivity contribution in [1.82, 2.24) is 14.4 Å². The molecule has 1 fully saturated rings. The molecule has 6 nitrogen and oxygen atoms in total. The van der Waals surface area contributed by atoms with Crippen molar-refractivity contribution in [1.29, 1.82) is 0 Å². The molecule has 0 aliphatic carbocycles. The number of nitrogens with zero attached hydrogens (tertiary/aromatic N) is 3. The fourth-order valence-electron chi connectivity index (χ4n) is 4.61. The number of β-amino-alcohol motifs (C(OH)–C–C–N with tert-alkyl or cyclic N) is 1. The van der Waals surface area contributed by atoms with Crippen LogP contribution in [0.25, 0.3) is 0 Å². The van der Waals surface area contributed by atoms with Crippen molar-refractivity contribution in [2.75, 3.05) is 39.3 Å². The Hall–Kier alpha value is -2.64. The van der Waals surface area contributed by atoms with Crippen molar-refractivity contribution < 1.29 is 10.2 Å². The van der Waals surface area contributed by atoms with Gasteiger partial charge in [-0.05, 0) is 36.2 Å². The lowest BCUT2D eigenvalue weighted by atomic mass is 9.96. The maximum atomic E-state index is 13.8. The van der Waals surface area contributed by atoms with Gasteiger partial charge in [-0.25, -0.2) is 0 Å². The SMILES string of the molecule is Cc1cc(O)c([C@@H](c2cccc(Cl)c2)N2CCN(CCO)CC2)c(=O)n1Cc1ccccc1. The first-order valence-electron chi connectivity index (χ1n) is 11.3. The molecule has 0 radical (unpaired) electrons. The molecule has 2 N–H and O–H groups in total. The molecule has 2 aromatic carbocycles. The van der Waals surface area contributed by atoms with E-state index >= 15 is 0 Å². The van der Waals surface area contributed by atoms with E-state index in [0.29, 0.717) is 42.5 Å². The zero-order chi connectivity index (χ0) is 23.4. The Labute approximate surface area is 199 Å². The van der Waals surface area contributed by atoms with E-state index in [-0.39, 0.29) is 17.9 Å². The summed E-state index contributed by atoms with van der Waals surface area (Å²) in [7, 11) is 0. The maximum absolute atomic E-state index is 13.8. The predicted molar refractivity (Wildman–Crippen MR) is 131 cm³/mol. The molecule has 1 aliphatic heterocycles. The summed E-state index contributed by atoms with van der Waals surface area (Å²) in [4.78, 5) is 18.2. The summed E-state index contributed by atoms with van der Waals surface area (Å²) in [5, 5.41) is 20.9. The molecular weight excluding hydrogens is 438 g/mol. The van der Waals surface area contributed by atoms with E-state index < -0.39 is 6.04 Å². The van der Waals surface area contributed by atoms with Crippen LogP contribution in [0.15, 0.2) is 65.5 Å². The Balaban J connectivity index is 1.78. The summed E-state index contributed by atoms with van der Waals surface area (Å²) in [6, 6.07) is 18.6. The van der Waals surface area contributed by atoms with E-state index in [9.17, 15) is 15.0 Å². The van der Waals surface area contributed by atoms with Gasteiger partial charge in [-0.2, -0.15) is 0 Å². The molecule has 2 heterocycles. The van der Waals surface area contributed by atoms with Crippen LogP contribution < -0.4 is 5.56 Å². The smallest absolute Gasteiger partial charge is 0.259 e. The van der Waals surface area contributed by atoms with Gasteiger partial charge in [-0.3, -0.25) is 14.6 Å². The summed E-state index contributed by atoms with van der Waals surface area (Å²) in [6.07, 6.45) is 0. The third-order valence-corrected chi connectivity index (χ3v) is 6.57. The van der Waals surface area contributed by atoms with Crippen LogP contribution in [0.4, 0.5) is 0 Å². The van der Waals surface area contributed by atoms with Crippen molar-refractivity contribution in [3.63, 3.8) is 0 Å². The molecule has 1 saturated heterocycles. The molecule has 1 aliphatic rings. The monoisotopic (exact) mass is 467 g/mol. The maximum Gasteiger partial charge on any atom is 0.259 e. The van der Waals surface area contributed by atoms with Crippen LogP contribution in [0.2, 0.25) is 5.02 Å². The van der Waals surface area contributed by atoms with Crippen LogP contribution in [-0.4, -0.2) is 63.9 Å². The van der Waals surface area contributed by atoms with Gasteiger partial charge in [-0.1, -0.05) is 54.1 Å². The Kier molecular flexibility index (Phi) is 7.50. The molecule has 4 rings (SSSR count). The van der Waals surface area contributed by atoms with Gasteiger partial charge >= 0.3 is 0 Å². The van der Waals surface area contributed by atoms with Crippen molar-refractivity contribution in [2.24, 2.45) is 0 Å². The number of halogens is 1. The standard InChI is InChI=1S/C26H30ClN3O3/c1-19-16-23(32)24(26(33)30(19)18-20-6-3-2-4-7-20)25(21-8-5-9-22(27)17-21)29-12-10-28(11-13-29)14-15-31/h2-9,16-17,25,31-32H,10-15,18H2,1H3/t25-/m1/s1. The minimum absolute atomic E-state index is 0.00424. The van der Waals surface area contributed by atoms with Crippen molar-refractivity contribution in [2.45, 2.75) is 19.5 Å². The zero-order valence-electron chi connectivity index (χ0n) is 18.8. The van der Waals surface area contributed by atoms with E-state index in [1.165, 1.54) is 0 Å². The number of aliphatic hydroxyl groups is 1. The summed E-state index contributed by atoms with van der Waals surface area (Å²) in [5.74, 6) is 0.00424. The molecular formula is C26H30ClN3O3. The van der Waals surface area contributed by atoms with Gasteiger partial charge in [-0.15, -0.1) is 0 Å². The van der Waals surface area contributed by atoms with Gasteiger partial charge in [0, 0.05) is 43.4 Å². The number of piperazine rings is 1. The lowest BCUT2D eigenvalue weighted by Gasteiger charge is -2.39. The Morgan fingerprint density at radius 2 is 1.73 bits per heavy atom. The van der Waals surface area contributed by atoms with Crippen molar-refractivity contribution in [3.8, 4) is 5.75 Å². The molecule has 0 saturated carbocycles. The number of aryl methyl sites for hydroxylation is 1. The van der Waals surface area contributed by atoms with E-state index in [1.54, 1.807) is 10.6 Å². The molecule has 0 unspecified atom stereocenters. The second-order valence-electron chi connectivity index (χ2n) is 8.52. The minimum atomic E-state index is -0.421. The largest absolute Gasteiger partial charge is 0.507 e. The normalized spacial score (nSPS) is 16.1. The number of aromatic nitrogens is 1. The molecule has 33 heavy (non-hydrogen) atoms. The first-order valence-corrected chi connectivity index (χ1v) is 11.7. The topological polar surface area (TPSA) is 68.9 Å². The highest BCUT2D eigenvalue weighted by atomic mass is 35.5. The van der Waals surface area contributed by atoms with Crippen LogP contribution in [-0.2, 0) is 6.54 Å². The summed E-state index contributed by atoms with van der Waals surface area (Å²) >= 11 is 6.32. The van der Waals surface area contributed by atoms with Crippen LogP contribution in [0.5, 0.6) is 5.75 Å². The molecule has 174 valence electrons. The zero-order valence-corrected chi connectivity index (χ0v) is 19.6. The van der Waals surface area contributed by atoms with Crippen LogP contribution >= 0.6 is 11.6 Å². The highest BCUT2D eigenvalue weighted by Gasteiger charge is 2.31. The lowest BCUT2D eigenvalue weighted by Crippen LogP contribution is -2.49. The highest BCUT2D eigenvalue weighted by molar-refractivity contribution is 6.30. The fourth-order valence-corrected chi connectivity index (χ4v) is 4.81. The third-order valence-electron chi connectivity index (χ3n) is 6.33. The number of pyridine rings is 1. The highest BCUT2D eigenvalue weighted by Crippen LogP contribution is 2.34. The third kappa shape index (κ3) is 5.31. The van der Waals surface area contributed by atoms with Crippen LogP contribution in [0.1, 0.15) is 28.4 Å². The molecule has 7 heteroatoms. The minimum Gasteiger partial charge on any atom is -0.507 e. The Bertz CT molecular complexity index is 1140. The van der Waals surface area contributed by atoms with Crippen molar-refractivity contribution >= 4 is 11.6 Å². The van der Waals surface area contributed by atoms with Gasteiger partial charge < -0.3 is 14.8 Å². The van der Waals surface area contributed by atoms with E-state index in [0.717, 1.165) is 24.2 Å². The quantitative estimate of drug-likeness (QED) is 0.558. The summed E-state index contributed by atoms with van der Waals surface area (Å²) in [6.45, 7) is 6.02. The van der Waals surface area contributed by atoms with Gasteiger partial charge in [0.2, 0.25) is 0 Å². The van der Waals surface area contributed by atoms with E-state index in [4.69, 9.17) is 11.6 Å². The van der Waals surface area contributed by atoms with Gasteiger partial charge in [0.05, 0.1) is 24.8 Å². The number of rotatable bonds is 7. The van der Waals surface area contributed by atoms with Gasteiger partial charge in [0.1, 0.15) is 5.75 Å². The second-order valence-corrected chi connectivity index (χ2v) is 8.96. The first-order chi connectivity index (χ1) is 16.0. The Morgan fingerprint density at radius 3 is 2.39 bits per heavy atom. The Morgan fingerprint density at radius 1 is 1.00 bits per heavy atom. The first kappa shape index (κ1) is 23.5. The number of hydrogen-bond acceptors (Lipinski definition) is 5. The molecule has 0 amide bonds. The molecule has 1 atom stereocenters. The molecule has 0 bridgehead atoms. The van der Waals surface area contributed by atoms with Crippen LogP contribution in [0, 0.1) is 6.92 Å². The molecule has 1 aromatic heterocycles. The van der Waals surface area contributed by atoms with E-state index in [2.05, 4.69) is 9.80 Å². The lowest BCUT2D eigenvalue weighted by molar-refractivity contribution is 0.0932. The van der Waals surface area contributed by atoms with Crippen molar-refractivity contribution in [3.05, 3.63) is 98.4 Å². The predicted octanol–water partition coefficient (Wildman–Crippen LogP) is 3.26. The average Bonchev–Trinajstić information content (AvgIpc) is 2.81. The molecule has 0 spiro atoms. The number of benzene rings is 2. The fraction of sp³-hybridized carbons (Fsp3) is 0.346. The van der Waals surface area contributed by atoms with Gasteiger partial charge in [0.15, 0.2) is 0 Å². The second kappa shape index (κ2) is 10.5. The average molecular weight is 468 g/mol. The number of aromatic hydroxyl groups is 1. The number of hydrogen-bond donors (Lipinski definition) is 2. The summed E-state index contributed by atoms with van der Waals surface area (Å²) in [5.41, 5.74) is 2.79. The van der Waals surface area contributed by atoms with Crippen LogP contribution in [0.3, 0.4) is 0 Å².